The lowest BCUT2D eigenvalue weighted by atomic mass is 10.1. The Balaban J connectivity index is 1.59. The number of pyridine rings is 1. The Morgan fingerprint density at radius 1 is 1.24 bits per heavy atom. The van der Waals surface area contributed by atoms with Gasteiger partial charge in [0.25, 0.3) is 0 Å². The molecular weight excluding hydrogens is 459 g/mol. The number of nitrogens with one attached hydrogen (secondary N) is 1. The van der Waals surface area contributed by atoms with E-state index in [0.29, 0.717) is 22.4 Å². The van der Waals surface area contributed by atoms with E-state index in [1.54, 1.807) is 18.2 Å². The molecule has 0 bridgehead atoms. The van der Waals surface area contributed by atoms with E-state index in [-0.39, 0.29) is 22.9 Å². The fourth-order valence-electron chi connectivity index (χ4n) is 3.52. The maximum Gasteiger partial charge on any atom is 0.350 e. The van der Waals surface area contributed by atoms with Crippen molar-refractivity contribution in [1.29, 1.82) is 0 Å². The molecule has 1 unspecified atom stereocenters. The van der Waals surface area contributed by atoms with Gasteiger partial charge in [-0.25, -0.2) is 14.2 Å². The van der Waals surface area contributed by atoms with Crippen LogP contribution in [0.5, 0.6) is 0 Å². The summed E-state index contributed by atoms with van der Waals surface area (Å²) in [6.45, 7) is 2.55. The molecule has 1 N–H and O–H groups in total. The second kappa shape index (κ2) is 10.1. The number of carbonyl (C=O) groups excluding carboxylic acids is 2. The van der Waals surface area contributed by atoms with E-state index >= 15 is 0 Å². The Bertz CT molecular complexity index is 1320. The van der Waals surface area contributed by atoms with Gasteiger partial charge in [0.15, 0.2) is 0 Å². The number of halogens is 1. The molecule has 10 heteroatoms. The molecule has 0 spiro atoms. The Morgan fingerprint density at radius 2 is 2.03 bits per heavy atom. The zero-order valence-electron chi connectivity index (χ0n) is 18.9. The van der Waals surface area contributed by atoms with Crippen molar-refractivity contribution in [2.45, 2.75) is 25.9 Å². The molecule has 3 aromatic heterocycles. The van der Waals surface area contributed by atoms with E-state index in [2.05, 4.69) is 15.4 Å². The molecule has 0 fully saturated rings. The van der Waals surface area contributed by atoms with Gasteiger partial charge in [-0.3, -0.25) is 9.69 Å². The van der Waals surface area contributed by atoms with Crippen LogP contribution in [0.3, 0.4) is 0 Å². The number of benzene rings is 1. The summed E-state index contributed by atoms with van der Waals surface area (Å²) >= 11 is 1.14. The van der Waals surface area contributed by atoms with Gasteiger partial charge in [-0.05, 0) is 37.7 Å². The number of aromatic nitrogens is 2. The van der Waals surface area contributed by atoms with Gasteiger partial charge in [-0.15, -0.1) is 11.3 Å². The number of carbonyl (C=O) groups is 2. The highest BCUT2D eigenvalue weighted by Crippen LogP contribution is 2.36. The minimum atomic E-state index is -0.581. The molecule has 3 heterocycles. The molecule has 176 valence electrons. The topological polar surface area (TPSA) is 97.6 Å². The maximum atomic E-state index is 14.0. The number of esters is 1. The predicted molar refractivity (Wildman–Crippen MR) is 126 cm³/mol. The Hall–Kier alpha value is -3.63. The number of amides is 1. The number of methoxy groups -OCH3 is 1. The molecule has 0 radical (unpaired) electrons. The molecule has 1 aromatic carbocycles. The van der Waals surface area contributed by atoms with Gasteiger partial charge in [0.1, 0.15) is 27.5 Å². The third-order valence-corrected chi connectivity index (χ3v) is 6.59. The van der Waals surface area contributed by atoms with Crippen molar-refractivity contribution in [3.05, 3.63) is 76.4 Å². The lowest BCUT2D eigenvalue weighted by molar-refractivity contribution is -0.115. The molecule has 8 nitrogen and oxygen atoms in total. The molecule has 0 aliphatic heterocycles. The van der Waals surface area contributed by atoms with Crippen molar-refractivity contribution >= 4 is 39.1 Å². The monoisotopic (exact) mass is 482 g/mol. The van der Waals surface area contributed by atoms with Crippen molar-refractivity contribution in [1.82, 2.24) is 15.0 Å². The van der Waals surface area contributed by atoms with E-state index in [1.165, 1.54) is 19.4 Å². The van der Waals surface area contributed by atoms with Crippen LogP contribution in [0.1, 0.15) is 39.6 Å². The van der Waals surface area contributed by atoms with Gasteiger partial charge in [0.05, 0.1) is 31.0 Å². The van der Waals surface area contributed by atoms with Gasteiger partial charge in [0, 0.05) is 18.0 Å². The normalized spacial score (nSPS) is 12.1. The fraction of sp³-hybridized carbons (Fsp3) is 0.250. The number of thiophene rings is 1. The Morgan fingerprint density at radius 3 is 2.74 bits per heavy atom. The number of rotatable bonds is 8. The molecule has 4 rings (SSSR count). The second-order valence-corrected chi connectivity index (χ2v) is 8.78. The molecule has 1 amide bonds. The fourth-order valence-corrected chi connectivity index (χ4v) is 4.59. The minimum absolute atomic E-state index is 0.0124. The first kappa shape index (κ1) is 23.5. The first-order chi connectivity index (χ1) is 16.4. The van der Waals surface area contributed by atoms with Crippen LogP contribution in [0.2, 0.25) is 0 Å². The van der Waals surface area contributed by atoms with E-state index < -0.39 is 17.7 Å². The Kier molecular flexibility index (Phi) is 6.99. The van der Waals surface area contributed by atoms with Crippen LogP contribution >= 0.6 is 11.3 Å². The van der Waals surface area contributed by atoms with Crippen LogP contribution < -0.4 is 5.32 Å². The lowest BCUT2D eigenvalue weighted by Crippen LogP contribution is -2.22. The molecule has 34 heavy (non-hydrogen) atoms. The predicted octanol–water partition coefficient (Wildman–Crippen LogP) is 4.58. The van der Waals surface area contributed by atoms with Crippen LogP contribution in [-0.2, 0) is 22.5 Å². The van der Waals surface area contributed by atoms with E-state index in [4.69, 9.17) is 14.2 Å². The average molecular weight is 483 g/mol. The highest BCUT2D eigenvalue weighted by Gasteiger charge is 2.23. The second-order valence-electron chi connectivity index (χ2n) is 7.78. The summed E-state index contributed by atoms with van der Waals surface area (Å²) in [6, 6.07) is 11.6. The third kappa shape index (κ3) is 4.97. The van der Waals surface area contributed by atoms with Gasteiger partial charge < -0.3 is 14.6 Å². The quantitative estimate of drug-likeness (QED) is 0.367. The zero-order chi connectivity index (χ0) is 24.2. The van der Waals surface area contributed by atoms with Crippen LogP contribution in [-0.4, -0.2) is 41.1 Å². The van der Waals surface area contributed by atoms with Gasteiger partial charge >= 0.3 is 5.97 Å². The molecule has 1 atom stereocenters. The molecule has 0 aliphatic carbocycles. The first-order valence-corrected chi connectivity index (χ1v) is 11.3. The highest BCUT2D eigenvalue weighted by atomic mass is 32.1. The first-order valence-electron chi connectivity index (χ1n) is 10.5. The summed E-state index contributed by atoms with van der Waals surface area (Å²) in [5.74, 6) is -1.49. The summed E-state index contributed by atoms with van der Waals surface area (Å²) in [5.41, 5.74) is 2.18. The van der Waals surface area contributed by atoms with Crippen molar-refractivity contribution in [3.8, 4) is 0 Å². The highest BCUT2D eigenvalue weighted by molar-refractivity contribution is 7.21. The third-order valence-electron chi connectivity index (χ3n) is 5.52. The largest absolute Gasteiger partial charge is 0.465 e. The lowest BCUT2D eigenvalue weighted by Gasteiger charge is -2.22. The smallest absolute Gasteiger partial charge is 0.350 e. The van der Waals surface area contributed by atoms with Crippen molar-refractivity contribution in [2.75, 3.05) is 19.5 Å². The average Bonchev–Trinajstić information content (AvgIpc) is 3.48. The van der Waals surface area contributed by atoms with Gasteiger partial charge in [-0.1, -0.05) is 23.4 Å². The van der Waals surface area contributed by atoms with Crippen molar-refractivity contribution in [3.63, 3.8) is 0 Å². The summed E-state index contributed by atoms with van der Waals surface area (Å²) in [6.07, 6.45) is 1.37. The van der Waals surface area contributed by atoms with Crippen molar-refractivity contribution in [2.24, 2.45) is 0 Å². The SMILES string of the molecule is COC(=O)c1sc2nc(CN(C)C(C)c3ccon3)ccc2c1NC(=O)Cc1ccccc1F. The molecule has 0 saturated heterocycles. The van der Waals surface area contributed by atoms with Gasteiger partial charge in [0.2, 0.25) is 5.91 Å². The van der Waals surface area contributed by atoms with Crippen LogP contribution in [0, 0.1) is 5.82 Å². The number of nitrogens with zero attached hydrogens (tertiary/aromatic N) is 3. The zero-order valence-corrected chi connectivity index (χ0v) is 19.7. The van der Waals surface area contributed by atoms with Gasteiger partial charge in [-0.2, -0.15) is 0 Å². The number of ether oxygens (including phenoxy) is 1. The number of hydrogen-bond acceptors (Lipinski definition) is 8. The molecule has 0 saturated carbocycles. The standard InChI is InChI=1S/C24H23FN4O4S/c1-14(19-10-11-33-28-19)29(2)13-16-8-9-17-21(22(24(31)32-3)34-23(17)26-16)27-20(30)12-15-6-4-5-7-18(15)25/h4-11,14H,12-13H2,1-3H3,(H,27,30). The summed E-state index contributed by atoms with van der Waals surface area (Å²) in [7, 11) is 3.23. The molecular formula is C24H23FN4O4S. The van der Waals surface area contributed by atoms with Crippen LogP contribution in [0.15, 0.2) is 53.3 Å². The number of hydrogen-bond donors (Lipinski definition) is 1. The molecule has 4 aromatic rings. The number of anilines is 1. The van der Waals surface area contributed by atoms with E-state index in [1.807, 2.05) is 32.2 Å². The Labute approximate surface area is 199 Å². The summed E-state index contributed by atoms with van der Waals surface area (Å²) in [5, 5.41) is 7.36. The molecule has 0 aliphatic rings. The van der Waals surface area contributed by atoms with Crippen LogP contribution in [0.4, 0.5) is 10.1 Å². The minimum Gasteiger partial charge on any atom is -0.465 e. The number of fused-ring (bicyclic) bond motifs is 1. The maximum absolute atomic E-state index is 14.0. The van der Waals surface area contributed by atoms with E-state index in [9.17, 15) is 14.0 Å². The summed E-state index contributed by atoms with van der Waals surface area (Å²) < 4.78 is 23.8. The van der Waals surface area contributed by atoms with Crippen LogP contribution in [0.25, 0.3) is 10.2 Å². The van der Waals surface area contributed by atoms with Crippen molar-refractivity contribution < 1.29 is 23.2 Å². The summed E-state index contributed by atoms with van der Waals surface area (Å²) in [4.78, 5) is 32.7. The van der Waals surface area contributed by atoms with E-state index in [0.717, 1.165) is 22.7 Å².